The van der Waals surface area contributed by atoms with Crippen molar-refractivity contribution in [3.63, 3.8) is 0 Å². The van der Waals surface area contributed by atoms with E-state index in [1.807, 2.05) is 6.92 Å². The second-order valence-corrected chi connectivity index (χ2v) is 5.88. The molecule has 0 radical (unpaired) electrons. The highest BCUT2D eigenvalue weighted by molar-refractivity contribution is 5.81. The van der Waals surface area contributed by atoms with Gasteiger partial charge in [0.15, 0.2) is 0 Å². The molecule has 2 rings (SSSR count). The summed E-state index contributed by atoms with van der Waals surface area (Å²) in [5, 5.41) is 2.93. The molecule has 3 unspecified atom stereocenters. The fourth-order valence-electron chi connectivity index (χ4n) is 2.48. The zero-order chi connectivity index (χ0) is 13.8. The predicted octanol–water partition coefficient (Wildman–Crippen LogP) is 0.339. The van der Waals surface area contributed by atoms with Crippen molar-refractivity contribution in [1.82, 2.24) is 10.2 Å². The van der Waals surface area contributed by atoms with Gasteiger partial charge in [0.05, 0.1) is 18.8 Å². The molecule has 110 valence electrons. The van der Waals surface area contributed by atoms with Crippen molar-refractivity contribution in [3.05, 3.63) is 0 Å². The monoisotopic (exact) mass is 269 g/mol. The van der Waals surface area contributed by atoms with E-state index in [1.165, 1.54) is 12.8 Å². The minimum atomic E-state index is -0.409. The minimum absolute atomic E-state index is 0.0542. The zero-order valence-electron chi connectivity index (χ0n) is 12.1. The van der Waals surface area contributed by atoms with Crippen molar-refractivity contribution < 1.29 is 9.53 Å². The van der Waals surface area contributed by atoms with E-state index in [2.05, 4.69) is 17.1 Å². The van der Waals surface area contributed by atoms with E-state index >= 15 is 0 Å². The van der Waals surface area contributed by atoms with Crippen LogP contribution >= 0.6 is 0 Å². The smallest absolute Gasteiger partial charge is 0.237 e. The standard InChI is InChI=1S/C14H27N3O2/c1-3-10(2)13(15)14(18)16-8-12-9-17(6-7-19-12)11-4-5-11/h10-13H,3-9,15H2,1-2H3,(H,16,18). The molecule has 2 aliphatic rings. The average Bonchev–Trinajstić information content (AvgIpc) is 3.28. The molecule has 1 saturated heterocycles. The molecule has 19 heavy (non-hydrogen) atoms. The van der Waals surface area contributed by atoms with Crippen LogP contribution in [0.5, 0.6) is 0 Å². The summed E-state index contributed by atoms with van der Waals surface area (Å²) >= 11 is 0. The van der Waals surface area contributed by atoms with Crippen LogP contribution in [0.4, 0.5) is 0 Å². The quantitative estimate of drug-likeness (QED) is 0.729. The number of hydrogen-bond donors (Lipinski definition) is 2. The van der Waals surface area contributed by atoms with Crippen LogP contribution in [-0.4, -0.2) is 55.2 Å². The van der Waals surface area contributed by atoms with Gasteiger partial charge < -0.3 is 15.8 Å². The number of ether oxygens (including phenoxy) is 1. The minimum Gasteiger partial charge on any atom is -0.374 e. The van der Waals surface area contributed by atoms with Gasteiger partial charge in [-0.3, -0.25) is 9.69 Å². The highest BCUT2D eigenvalue weighted by atomic mass is 16.5. The van der Waals surface area contributed by atoms with Crippen LogP contribution in [0.2, 0.25) is 0 Å². The van der Waals surface area contributed by atoms with E-state index in [0.29, 0.717) is 6.54 Å². The number of nitrogens with zero attached hydrogens (tertiary/aromatic N) is 1. The topological polar surface area (TPSA) is 67.6 Å². The lowest BCUT2D eigenvalue weighted by Gasteiger charge is -2.33. The Morgan fingerprint density at radius 2 is 2.26 bits per heavy atom. The van der Waals surface area contributed by atoms with Gasteiger partial charge in [0.25, 0.3) is 0 Å². The van der Waals surface area contributed by atoms with Crippen LogP contribution < -0.4 is 11.1 Å². The highest BCUT2D eigenvalue weighted by Crippen LogP contribution is 2.28. The number of morpholine rings is 1. The Labute approximate surface area is 115 Å². The van der Waals surface area contributed by atoms with Crippen molar-refractivity contribution in [2.75, 3.05) is 26.2 Å². The number of carbonyl (C=O) groups excluding carboxylic acids is 1. The third-order valence-electron chi connectivity index (χ3n) is 4.30. The van der Waals surface area contributed by atoms with Crippen LogP contribution in [0.3, 0.4) is 0 Å². The van der Waals surface area contributed by atoms with E-state index in [4.69, 9.17) is 10.5 Å². The second-order valence-electron chi connectivity index (χ2n) is 5.88. The van der Waals surface area contributed by atoms with Crippen molar-refractivity contribution in [2.24, 2.45) is 11.7 Å². The Morgan fingerprint density at radius 1 is 1.53 bits per heavy atom. The Balaban J connectivity index is 1.70. The molecule has 0 aromatic carbocycles. The number of amides is 1. The summed E-state index contributed by atoms with van der Waals surface area (Å²) in [6.45, 7) is 7.37. The SMILES string of the molecule is CCC(C)C(N)C(=O)NCC1CN(C2CC2)CCO1. The molecule has 0 aromatic rings. The van der Waals surface area contributed by atoms with Gasteiger partial charge in [-0.1, -0.05) is 20.3 Å². The number of hydrogen-bond acceptors (Lipinski definition) is 4. The van der Waals surface area contributed by atoms with Gasteiger partial charge in [0, 0.05) is 25.7 Å². The molecule has 2 fully saturated rings. The summed E-state index contributed by atoms with van der Waals surface area (Å²) in [5.41, 5.74) is 5.91. The van der Waals surface area contributed by atoms with Crippen LogP contribution in [0.15, 0.2) is 0 Å². The van der Waals surface area contributed by atoms with E-state index in [0.717, 1.165) is 32.2 Å². The zero-order valence-corrected chi connectivity index (χ0v) is 12.1. The maximum absolute atomic E-state index is 11.9. The summed E-state index contributed by atoms with van der Waals surface area (Å²) in [6.07, 6.45) is 3.67. The summed E-state index contributed by atoms with van der Waals surface area (Å²) in [7, 11) is 0. The van der Waals surface area contributed by atoms with E-state index in [1.54, 1.807) is 0 Å². The van der Waals surface area contributed by atoms with Gasteiger partial charge >= 0.3 is 0 Å². The lowest BCUT2D eigenvalue weighted by molar-refractivity contribution is -0.124. The number of nitrogens with one attached hydrogen (secondary N) is 1. The largest absolute Gasteiger partial charge is 0.374 e. The lowest BCUT2D eigenvalue weighted by atomic mass is 9.99. The molecule has 1 amide bonds. The Morgan fingerprint density at radius 3 is 2.89 bits per heavy atom. The molecule has 1 heterocycles. The van der Waals surface area contributed by atoms with Crippen molar-refractivity contribution >= 4 is 5.91 Å². The number of rotatable bonds is 6. The maximum Gasteiger partial charge on any atom is 0.237 e. The third-order valence-corrected chi connectivity index (χ3v) is 4.30. The molecular weight excluding hydrogens is 242 g/mol. The van der Waals surface area contributed by atoms with Crippen molar-refractivity contribution in [1.29, 1.82) is 0 Å². The Kier molecular flexibility index (Phi) is 5.19. The molecule has 0 bridgehead atoms. The lowest BCUT2D eigenvalue weighted by Crippen LogP contribution is -2.51. The number of carbonyl (C=O) groups is 1. The van der Waals surface area contributed by atoms with Crippen molar-refractivity contribution in [3.8, 4) is 0 Å². The van der Waals surface area contributed by atoms with Gasteiger partial charge in [-0.2, -0.15) is 0 Å². The summed E-state index contributed by atoms with van der Waals surface area (Å²) in [6, 6.07) is 0.359. The van der Waals surface area contributed by atoms with Crippen LogP contribution in [0.1, 0.15) is 33.1 Å². The van der Waals surface area contributed by atoms with E-state index in [9.17, 15) is 4.79 Å². The first-order chi connectivity index (χ1) is 9.11. The number of nitrogens with two attached hydrogens (primary N) is 1. The molecule has 5 nitrogen and oxygen atoms in total. The highest BCUT2D eigenvalue weighted by Gasteiger charge is 2.33. The average molecular weight is 269 g/mol. The molecule has 5 heteroatoms. The molecule has 1 saturated carbocycles. The predicted molar refractivity (Wildman–Crippen MR) is 74.8 cm³/mol. The molecule has 1 aliphatic carbocycles. The first-order valence-electron chi connectivity index (χ1n) is 7.50. The van der Waals surface area contributed by atoms with Gasteiger partial charge in [-0.05, 0) is 18.8 Å². The summed E-state index contributed by atoms with van der Waals surface area (Å²) in [5.74, 6) is 0.164. The maximum atomic E-state index is 11.9. The first-order valence-corrected chi connectivity index (χ1v) is 7.50. The Hall–Kier alpha value is -0.650. The summed E-state index contributed by atoms with van der Waals surface area (Å²) < 4.78 is 5.71. The van der Waals surface area contributed by atoms with E-state index < -0.39 is 6.04 Å². The van der Waals surface area contributed by atoms with Crippen LogP contribution in [0.25, 0.3) is 0 Å². The van der Waals surface area contributed by atoms with Gasteiger partial charge in [0.2, 0.25) is 5.91 Å². The molecule has 3 atom stereocenters. The molecular formula is C14H27N3O2. The third kappa shape index (κ3) is 4.16. The fraction of sp³-hybridized carbons (Fsp3) is 0.929. The molecule has 0 spiro atoms. The second kappa shape index (κ2) is 6.68. The molecule has 1 aliphatic heterocycles. The van der Waals surface area contributed by atoms with Crippen LogP contribution in [0, 0.1) is 5.92 Å². The summed E-state index contributed by atoms with van der Waals surface area (Å²) in [4.78, 5) is 14.4. The Bertz CT molecular complexity index is 307. The van der Waals surface area contributed by atoms with E-state index in [-0.39, 0.29) is 17.9 Å². The molecule has 3 N–H and O–H groups in total. The molecule has 0 aromatic heterocycles. The van der Waals surface area contributed by atoms with Gasteiger partial charge in [0.1, 0.15) is 0 Å². The van der Waals surface area contributed by atoms with Crippen LogP contribution in [-0.2, 0) is 9.53 Å². The van der Waals surface area contributed by atoms with Gasteiger partial charge in [-0.25, -0.2) is 0 Å². The van der Waals surface area contributed by atoms with Crippen molar-refractivity contribution in [2.45, 2.75) is 51.3 Å². The first kappa shape index (κ1) is 14.8. The fourth-order valence-corrected chi connectivity index (χ4v) is 2.48. The van der Waals surface area contributed by atoms with Gasteiger partial charge in [-0.15, -0.1) is 0 Å². The normalized spacial score (nSPS) is 27.8.